The summed E-state index contributed by atoms with van der Waals surface area (Å²) in [5.74, 6) is 1.76. The Hall–Kier alpha value is -4.63. The van der Waals surface area contributed by atoms with Crippen molar-refractivity contribution in [1.29, 1.82) is 0 Å². The fourth-order valence-electron chi connectivity index (χ4n) is 4.36. The summed E-state index contributed by atoms with van der Waals surface area (Å²) in [5, 5.41) is 9.99. The number of thioether (sulfide) groups is 1. The number of hydrogen-bond acceptors (Lipinski definition) is 8. The van der Waals surface area contributed by atoms with Crippen LogP contribution >= 0.6 is 11.8 Å². The van der Waals surface area contributed by atoms with Crippen LogP contribution in [0, 0.1) is 0 Å². The van der Waals surface area contributed by atoms with E-state index in [0.717, 1.165) is 16.8 Å². The van der Waals surface area contributed by atoms with Gasteiger partial charge in [0.25, 0.3) is 0 Å². The third kappa shape index (κ3) is 4.26. The van der Waals surface area contributed by atoms with E-state index in [9.17, 15) is 4.79 Å². The van der Waals surface area contributed by atoms with E-state index in [1.54, 1.807) is 18.4 Å². The van der Waals surface area contributed by atoms with E-state index in [2.05, 4.69) is 10.2 Å². The number of carbonyl (C=O) groups excluding carboxylic acids is 1. The Balaban J connectivity index is 1.42. The minimum Gasteiger partial charge on any atom is -0.464 e. The van der Waals surface area contributed by atoms with E-state index in [4.69, 9.17) is 19.6 Å². The molecule has 4 aromatic heterocycles. The largest absolute Gasteiger partial charge is 0.464 e. The van der Waals surface area contributed by atoms with Crippen molar-refractivity contribution in [3.63, 3.8) is 0 Å². The molecule has 0 aliphatic carbocycles. The summed E-state index contributed by atoms with van der Waals surface area (Å²) in [6.45, 7) is 2.54. The molecule has 38 heavy (non-hydrogen) atoms. The zero-order valence-corrected chi connectivity index (χ0v) is 21.3. The molecule has 188 valence electrons. The molecule has 2 N–H and O–H groups in total. The summed E-state index contributed by atoms with van der Waals surface area (Å²) in [4.78, 5) is 17.4. The number of pyridine rings is 1. The molecule has 0 amide bonds. The standard InChI is InChI=1S/C29H23N5O3S/c1-2-34-27(32-33-29(34)38-17-22(35)19-12-7-4-8-13-19)26-25(30)24-20(23-14-9-15-36-23)16-21(31-28(24)37-26)18-10-5-3-6-11-18/h3-16H,2,17,30H2,1H3. The second kappa shape index (κ2) is 10.0. The molecule has 0 unspecified atom stereocenters. The van der Waals surface area contributed by atoms with Crippen molar-refractivity contribution >= 4 is 34.3 Å². The van der Waals surface area contributed by atoms with E-state index < -0.39 is 0 Å². The molecule has 4 heterocycles. The molecule has 6 rings (SSSR count). The topological polar surface area (TPSA) is 113 Å². The average molecular weight is 522 g/mol. The lowest BCUT2D eigenvalue weighted by molar-refractivity contribution is 0.102. The van der Waals surface area contributed by atoms with Crippen molar-refractivity contribution in [1.82, 2.24) is 19.7 Å². The van der Waals surface area contributed by atoms with Crippen molar-refractivity contribution < 1.29 is 13.6 Å². The minimum absolute atomic E-state index is 0.0202. The van der Waals surface area contributed by atoms with Crippen molar-refractivity contribution in [2.45, 2.75) is 18.6 Å². The highest BCUT2D eigenvalue weighted by Gasteiger charge is 2.25. The maximum absolute atomic E-state index is 12.6. The molecule has 0 atom stereocenters. The zero-order valence-electron chi connectivity index (χ0n) is 20.5. The average Bonchev–Trinajstić information content (AvgIpc) is 3.71. The normalized spacial score (nSPS) is 11.3. The van der Waals surface area contributed by atoms with Gasteiger partial charge in [0.15, 0.2) is 16.7 Å². The van der Waals surface area contributed by atoms with Crippen LogP contribution in [0.15, 0.2) is 99.1 Å². The summed E-state index contributed by atoms with van der Waals surface area (Å²) in [7, 11) is 0. The molecular weight excluding hydrogens is 498 g/mol. The lowest BCUT2D eigenvalue weighted by atomic mass is 10.0. The van der Waals surface area contributed by atoms with Crippen LogP contribution in [-0.4, -0.2) is 31.3 Å². The number of fused-ring (bicyclic) bond motifs is 1. The predicted molar refractivity (Wildman–Crippen MR) is 148 cm³/mol. The van der Waals surface area contributed by atoms with Crippen LogP contribution in [-0.2, 0) is 6.54 Å². The molecule has 0 bridgehead atoms. The Kier molecular flexibility index (Phi) is 6.27. The Bertz CT molecular complexity index is 1730. The van der Waals surface area contributed by atoms with Crippen LogP contribution in [0.2, 0.25) is 0 Å². The van der Waals surface area contributed by atoms with Crippen LogP contribution < -0.4 is 5.73 Å². The maximum atomic E-state index is 12.6. The molecule has 0 radical (unpaired) electrons. The third-order valence-electron chi connectivity index (χ3n) is 6.22. The molecule has 6 aromatic rings. The quantitative estimate of drug-likeness (QED) is 0.176. The van der Waals surface area contributed by atoms with Crippen LogP contribution in [0.3, 0.4) is 0 Å². The van der Waals surface area contributed by atoms with Gasteiger partial charge in [-0.05, 0) is 25.1 Å². The molecule has 0 saturated carbocycles. The Morgan fingerprint density at radius 1 is 1.00 bits per heavy atom. The maximum Gasteiger partial charge on any atom is 0.230 e. The lowest BCUT2D eigenvalue weighted by Gasteiger charge is -2.06. The summed E-state index contributed by atoms with van der Waals surface area (Å²) in [5.41, 5.74) is 10.6. The van der Waals surface area contributed by atoms with Gasteiger partial charge < -0.3 is 14.6 Å². The highest BCUT2D eigenvalue weighted by molar-refractivity contribution is 7.99. The number of hydrogen-bond donors (Lipinski definition) is 1. The lowest BCUT2D eigenvalue weighted by Crippen LogP contribution is -2.05. The molecule has 2 aromatic carbocycles. The van der Waals surface area contributed by atoms with Gasteiger partial charge in [-0.2, -0.15) is 0 Å². The zero-order chi connectivity index (χ0) is 26.1. The first-order valence-electron chi connectivity index (χ1n) is 12.1. The molecule has 0 fully saturated rings. The number of nitrogens with two attached hydrogens (primary N) is 1. The molecule has 0 aliphatic rings. The van der Waals surface area contributed by atoms with E-state index >= 15 is 0 Å². The van der Waals surface area contributed by atoms with E-state index in [-0.39, 0.29) is 11.5 Å². The van der Waals surface area contributed by atoms with Gasteiger partial charge in [-0.1, -0.05) is 72.4 Å². The number of rotatable bonds is 8. The highest BCUT2D eigenvalue weighted by Crippen LogP contribution is 2.42. The predicted octanol–water partition coefficient (Wildman–Crippen LogP) is 6.59. The van der Waals surface area contributed by atoms with E-state index in [1.165, 1.54) is 11.8 Å². The number of nitrogens with zero attached hydrogens (tertiary/aromatic N) is 4. The van der Waals surface area contributed by atoms with Gasteiger partial charge in [0.05, 0.1) is 28.8 Å². The number of anilines is 1. The Morgan fingerprint density at radius 2 is 1.76 bits per heavy atom. The fraction of sp³-hybridized carbons (Fsp3) is 0.103. The second-order valence-corrected chi connectivity index (χ2v) is 9.49. The third-order valence-corrected chi connectivity index (χ3v) is 7.19. The van der Waals surface area contributed by atoms with Gasteiger partial charge in [0.2, 0.25) is 11.5 Å². The number of aromatic nitrogens is 4. The molecule has 8 nitrogen and oxygen atoms in total. The number of nitrogen functional groups attached to an aromatic ring is 1. The molecule has 9 heteroatoms. The van der Waals surface area contributed by atoms with E-state index in [0.29, 0.717) is 51.4 Å². The monoisotopic (exact) mass is 521 g/mol. The summed E-state index contributed by atoms with van der Waals surface area (Å²) < 4.78 is 13.9. The van der Waals surface area contributed by atoms with Crippen molar-refractivity contribution in [2.24, 2.45) is 0 Å². The van der Waals surface area contributed by atoms with E-state index in [1.807, 2.05) is 78.2 Å². The van der Waals surface area contributed by atoms with Gasteiger partial charge in [-0.3, -0.25) is 9.36 Å². The van der Waals surface area contributed by atoms with Gasteiger partial charge in [0.1, 0.15) is 5.76 Å². The first-order chi connectivity index (χ1) is 18.6. The van der Waals surface area contributed by atoms with Gasteiger partial charge >= 0.3 is 0 Å². The van der Waals surface area contributed by atoms with Crippen LogP contribution in [0.4, 0.5) is 5.69 Å². The number of ketones is 1. The van der Waals surface area contributed by atoms with Gasteiger partial charge in [-0.15, -0.1) is 10.2 Å². The summed E-state index contributed by atoms with van der Waals surface area (Å²) in [6.07, 6.45) is 1.62. The van der Waals surface area contributed by atoms with Crippen molar-refractivity contribution in [3.8, 4) is 34.2 Å². The summed E-state index contributed by atoms with van der Waals surface area (Å²) in [6, 6.07) is 24.7. The number of furan rings is 2. The van der Waals surface area contributed by atoms with Gasteiger partial charge in [0, 0.05) is 23.2 Å². The molecular formula is C29H23N5O3S. The van der Waals surface area contributed by atoms with Gasteiger partial charge in [-0.25, -0.2) is 4.98 Å². The first-order valence-corrected chi connectivity index (χ1v) is 13.1. The Morgan fingerprint density at radius 3 is 2.47 bits per heavy atom. The number of Topliss-reactive ketones (excluding diaryl/α,β-unsaturated/α-hetero) is 1. The smallest absolute Gasteiger partial charge is 0.230 e. The SMILES string of the molecule is CCn1c(SCC(=O)c2ccccc2)nnc1-c1oc2nc(-c3ccccc3)cc(-c3ccco3)c2c1N. The van der Waals surface area contributed by atoms with Crippen molar-refractivity contribution in [3.05, 3.63) is 90.7 Å². The van der Waals surface area contributed by atoms with Crippen molar-refractivity contribution in [2.75, 3.05) is 11.5 Å². The van der Waals surface area contributed by atoms with Crippen LogP contribution in [0.5, 0.6) is 0 Å². The molecule has 0 saturated heterocycles. The minimum atomic E-state index is 0.0202. The molecule has 0 spiro atoms. The Labute approximate surface area is 222 Å². The number of carbonyl (C=O) groups is 1. The summed E-state index contributed by atoms with van der Waals surface area (Å²) >= 11 is 1.33. The first kappa shape index (κ1) is 23.7. The van der Waals surface area contributed by atoms with Crippen LogP contribution in [0.25, 0.3) is 45.3 Å². The highest BCUT2D eigenvalue weighted by atomic mass is 32.2. The van der Waals surface area contributed by atoms with Crippen LogP contribution in [0.1, 0.15) is 17.3 Å². The second-order valence-electron chi connectivity index (χ2n) is 8.55. The molecule has 0 aliphatic heterocycles. The fourth-order valence-corrected chi connectivity index (χ4v) is 5.25. The number of benzene rings is 2.